The van der Waals surface area contributed by atoms with E-state index < -0.39 is 21.0 Å². The highest BCUT2D eigenvalue weighted by Gasteiger charge is 2.27. The van der Waals surface area contributed by atoms with Crippen LogP contribution in [-0.4, -0.2) is 37.9 Å². The monoisotopic (exact) mass is 264 g/mol. The Labute approximate surface area is 104 Å². The van der Waals surface area contributed by atoms with Crippen molar-refractivity contribution in [2.45, 2.75) is 51.3 Å². The lowest BCUT2D eigenvalue weighted by atomic mass is 10.3. The van der Waals surface area contributed by atoms with Crippen molar-refractivity contribution in [3.05, 3.63) is 0 Å². The van der Waals surface area contributed by atoms with E-state index in [4.69, 9.17) is 5.73 Å². The Morgan fingerprint density at radius 1 is 1.35 bits per heavy atom. The van der Waals surface area contributed by atoms with Gasteiger partial charge in [0.05, 0.1) is 5.75 Å². The highest BCUT2D eigenvalue weighted by Crippen LogP contribution is 2.05. The maximum atomic E-state index is 11.8. The van der Waals surface area contributed by atoms with Crippen LogP contribution in [0.25, 0.3) is 0 Å². The zero-order valence-corrected chi connectivity index (χ0v) is 11.7. The van der Waals surface area contributed by atoms with E-state index in [1.165, 1.54) is 6.92 Å². The maximum absolute atomic E-state index is 11.8. The summed E-state index contributed by atoms with van der Waals surface area (Å²) >= 11 is 0. The highest BCUT2D eigenvalue weighted by molar-refractivity contribution is 7.92. The first-order valence-corrected chi connectivity index (χ1v) is 7.77. The molecule has 0 rings (SSSR count). The molecular weight excluding hydrogens is 240 g/mol. The summed E-state index contributed by atoms with van der Waals surface area (Å²) in [5.74, 6) is -0.448. The largest absolute Gasteiger partial charge is 0.355 e. The van der Waals surface area contributed by atoms with Crippen LogP contribution in [0.3, 0.4) is 0 Å². The van der Waals surface area contributed by atoms with Gasteiger partial charge in [0.1, 0.15) is 5.25 Å². The number of carbonyl (C=O) groups excluding carboxylic acids is 1. The van der Waals surface area contributed by atoms with E-state index >= 15 is 0 Å². The summed E-state index contributed by atoms with van der Waals surface area (Å²) in [4.78, 5) is 11.6. The van der Waals surface area contributed by atoms with E-state index in [0.29, 0.717) is 13.0 Å². The summed E-state index contributed by atoms with van der Waals surface area (Å²) < 4.78 is 23.6. The zero-order valence-electron chi connectivity index (χ0n) is 10.9. The molecule has 0 aromatic carbocycles. The number of nitrogens with one attached hydrogen (secondary N) is 1. The molecule has 6 heteroatoms. The number of sulfone groups is 1. The second-order valence-corrected chi connectivity index (χ2v) is 6.86. The van der Waals surface area contributed by atoms with Gasteiger partial charge >= 0.3 is 0 Å². The minimum absolute atomic E-state index is 0.0347. The van der Waals surface area contributed by atoms with Crippen LogP contribution in [0.1, 0.15) is 40.0 Å². The fourth-order valence-electron chi connectivity index (χ4n) is 1.22. The third kappa shape index (κ3) is 6.63. The van der Waals surface area contributed by atoms with Gasteiger partial charge in [-0.3, -0.25) is 4.79 Å². The Bertz CT molecular complexity index is 326. The molecule has 3 N–H and O–H groups in total. The molecule has 1 amide bonds. The van der Waals surface area contributed by atoms with Crippen LogP contribution in [-0.2, 0) is 14.6 Å². The molecule has 0 aromatic heterocycles. The molecule has 102 valence electrons. The summed E-state index contributed by atoms with van der Waals surface area (Å²) in [6.07, 6.45) is 2.21. The minimum atomic E-state index is -3.38. The molecule has 5 nitrogen and oxygen atoms in total. The van der Waals surface area contributed by atoms with Crippen LogP contribution in [0.2, 0.25) is 0 Å². The van der Waals surface area contributed by atoms with E-state index in [9.17, 15) is 13.2 Å². The lowest BCUT2D eigenvalue weighted by molar-refractivity contribution is -0.120. The third-order valence-corrected chi connectivity index (χ3v) is 4.69. The van der Waals surface area contributed by atoms with Crippen molar-refractivity contribution in [2.75, 3.05) is 12.3 Å². The predicted octanol–water partition coefficient (Wildman–Crippen LogP) is 0.443. The smallest absolute Gasteiger partial charge is 0.238 e. The van der Waals surface area contributed by atoms with Crippen molar-refractivity contribution in [1.82, 2.24) is 5.32 Å². The quantitative estimate of drug-likeness (QED) is 0.623. The molecule has 0 aliphatic heterocycles. The Morgan fingerprint density at radius 2 is 1.94 bits per heavy atom. The Hall–Kier alpha value is -0.620. The first-order chi connectivity index (χ1) is 7.81. The molecule has 0 spiro atoms. The van der Waals surface area contributed by atoms with Gasteiger partial charge in [0.2, 0.25) is 5.91 Å². The van der Waals surface area contributed by atoms with E-state index in [0.717, 1.165) is 12.8 Å². The first kappa shape index (κ1) is 16.4. The van der Waals surface area contributed by atoms with Gasteiger partial charge in [-0.05, 0) is 26.7 Å². The van der Waals surface area contributed by atoms with Crippen LogP contribution < -0.4 is 11.1 Å². The topological polar surface area (TPSA) is 89.3 Å². The van der Waals surface area contributed by atoms with Gasteiger partial charge in [0, 0.05) is 12.6 Å². The molecule has 0 radical (unpaired) electrons. The van der Waals surface area contributed by atoms with Crippen LogP contribution in [0, 0.1) is 0 Å². The third-order valence-electron chi connectivity index (χ3n) is 2.60. The SMILES string of the molecule is CCCCNC(=O)C(C)S(=O)(=O)CCC(C)N. The number of nitrogens with two attached hydrogens (primary N) is 1. The zero-order chi connectivity index (χ0) is 13.5. The predicted molar refractivity (Wildman–Crippen MR) is 69.4 cm³/mol. The van der Waals surface area contributed by atoms with Crippen molar-refractivity contribution < 1.29 is 13.2 Å². The molecule has 0 saturated heterocycles. The standard InChI is InChI=1S/C11H24N2O3S/c1-4-5-7-13-11(14)10(3)17(15,16)8-6-9(2)12/h9-10H,4-8,12H2,1-3H3,(H,13,14). The highest BCUT2D eigenvalue weighted by atomic mass is 32.2. The lowest BCUT2D eigenvalue weighted by Gasteiger charge is -2.14. The van der Waals surface area contributed by atoms with Gasteiger partial charge in [0.15, 0.2) is 9.84 Å². The minimum Gasteiger partial charge on any atom is -0.355 e. The number of hydrogen-bond acceptors (Lipinski definition) is 4. The van der Waals surface area contributed by atoms with Crippen LogP contribution in [0.5, 0.6) is 0 Å². The molecule has 2 atom stereocenters. The van der Waals surface area contributed by atoms with Gasteiger partial charge in [-0.25, -0.2) is 8.42 Å². The van der Waals surface area contributed by atoms with Gasteiger partial charge in [-0.1, -0.05) is 13.3 Å². The van der Waals surface area contributed by atoms with E-state index in [-0.39, 0.29) is 11.8 Å². The van der Waals surface area contributed by atoms with Crippen molar-refractivity contribution in [3.63, 3.8) is 0 Å². The van der Waals surface area contributed by atoms with Crippen LogP contribution in [0.4, 0.5) is 0 Å². The number of hydrogen-bond donors (Lipinski definition) is 2. The number of rotatable bonds is 8. The van der Waals surface area contributed by atoms with Gasteiger partial charge in [-0.2, -0.15) is 0 Å². The number of amides is 1. The van der Waals surface area contributed by atoms with Crippen molar-refractivity contribution in [3.8, 4) is 0 Å². The molecule has 0 aliphatic carbocycles. The normalized spacial score (nSPS) is 15.3. The van der Waals surface area contributed by atoms with Crippen molar-refractivity contribution in [1.29, 1.82) is 0 Å². The van der Waals surface area contributed by atoms with Crippen LogP contribution in [0.15, 0.2) is 0 Å². The summed E-state index contributed by atoms with van der Waals surface area (Å²) in [5.41, 5.74) is 5.51. The average molecular weight is 264 g/mol. The maximum Gasteiger partial charge on any atom is 0.238 e. The van der Waals surface area contributed by atoms with Crippen LogP contribution >= 0.6 is 0 Å². The molecule has 0 fully saturated rings. The Balaban J connectivity index is 4.26. The molecule has 0 aliphatic rings. The molecular formula is C11H24N2O3S. The molecule has 0 saturated carbocycles. The number of unbranched alkanes of at least 4 members (excludes halogenated alkanes) is 1. The number of carbonyl (C=O) groups is 1. The molecule has 0 aromatic rings. The van der Waals surface area contributed by atoms with E-state index in [1.54, 1.807) is 6.92 Å². The molecule has 0 bridgehead atoms. The van der Waals surface area contributed by atoms with Gasteiger partial charge in [0.25, 0.3) is 0 Å². The summed E-state index contributed by atoms with van der Waals surface area (Å²) in [7, 11) is -3.38. The van der Waals surface area contributed by atoms with Crippen molar-refractivity contribution >= 4 is 15.7 Å². The van der Waals surface area contributed by atoms with Gasteiger partial charge < -0.3 is 11.1 Å². The fourth-order valence-corrected chi connectivity index (χ4v) is 2.69. The van der Waals surface area contributed by atoms with Crippen molar-refractivity contribution in [2.24, 2.45) is 5.73 Å². The summed E-state index contributed by atoms with van der Waals surface area (Å²) in [6.45, 7) is 5.72. The molecule has 0 heterocycles. The first-order valence-electron chi connectivity index (χ1n) is 6.06. The Kier molecular flexibility index (Phi) is 7.38. The molecule has 2 unspecified atom stereocenters. The van der Waals surface area contributed by atoms with E-state index in [2.05, 4.69) is 5.32 Å². The second kappa shape index (κ2) is 7.66. The summed E-state index contributed by atoms with van der Waals surface area (Å²) in [5, 5.41) is 1.64. The summed E-state index contributed by atoms with van der Waals surface area (Å²) in [6, 6.07) is -0.167. The lowest BCUT2D eigenvalue weighted by Crippen LogP contribution is -2.40. The Morgan fingerprint density at radius 3 is 2.41 bits per heavy atom. The van der Waals surface area contributed by atoms with E-state index in [1.807, 2.05) is 6.92 Å². The van der Waals surface area contributed by atoms with Gasteiger partial charge in [-0.15, -0.1) is 0 Å². The second-order valence-electron chi connectivity index (χ2n) is 4.42. The fraction of sp³-hybridized carbons (Fsp3) is 0.909. The molecule has 17 heavy (non-hydrogen) atoms. The average Bonchev–Trinajstić information content (AvgIpc) is 2.25.